The minimum absolute atomic E-state index is 0.106. The first-order valence-corrected chi connectivity index (χ1v) is 12.3. The van der Waals surface area contributed by atoms with E-state index in [-0.39, 0.29) is 4.90 Å². The predicted molar refractivity (Wildman–Crippen MR) is 130 cm³/mol. The van der Waals surface area contributed by atoms with Gasteiger partial charge in [0.25, 0.3) is 10.0 Å². The number of aromatic nitrogens is 2. The molecule has 1 saturated heterocycles. The summed E-state index contributed by atoms with van der Waals surface area (Å²) in [6, 6.07) is 14.4. The molecule has 8 nitrogen and oxygen atoms in total. The average molecular weight is 468 g/mol. The zero-order valence-corrected chi connectivity index (χ0v) is 20.2. The minimum Gasteiger partial charge on any atom is -0.495 e. The number of rotatable bonds is 6. The van der Waals surface area contributed by atoms with E-state index < -0.39 is 10.0 Å². The highest BCUT2D eigenvalue weighted by molar-refractivity contribution is 7.92. The Labute approximate surface area is 195 Å². The van der Waals surface area contributed by atoms with Gasteiger partial charge in [0.2, 0.25) is 0 Å². The number of hydrogen-bond acceptors (Lipinski definition) is 7. The maximum Gasteiger partial charge on any atom is 0.265 e. The molecule has 33 heavy (non-hydrogen) atoms. The summed E-state index contributed by atoms with van der Waals surface area (Å²) >= 11 is 0. The van der Waals surface area contributed by atoms with E-state index >= 15 is 0 Å². The second-order valence-electron chi connectivity index (χ2n) is 8.34. The van der Waals surface area contributed by atoms with Crippen molar-refractivity contribution in [3.05, 3.63) is 59.7 Å². The number of likely N-dealkylation sites (N-methyl/N-ethyl adjacent to an activating group) is 1. The smallest absolute Gasteiger partial charge is 0.265 e. The first-order chi connectivity index (χ1) is 15.8. The van der Waals surface area contributed by atoms with Crippen LogP contribution in [0.3, 0.4) is 0 Å². The topological polar surface area (TPSA) is 87.7 Å². The molecule has 0 atom stereocenters. The second-order valence-corrected chi connectivity index (χ2v) is 9.99. The molecule has 3 aromatic rings. The molecule has 0 saturated carbocycles. The van der Waals surface area contributed by atoms with Gasteiger partial charge in [-0.25, -0.2) is 8.42 Å². The van der Waals surface area contributed by atoms with Crippen LogP contribution in [0.2, 0.25) is 0 Å². The third-order valence-corrected chi connectivity index (χ3v) is 7.36. The molecule has 4 rings (SSSR count). The molecular formula is C24H29N5O3S. The van der Waals surface area contributed by atoms with E-state index in [1.54, 1.807) is 30.3 Å². The molecule has 1 fully saturated rings. The second kappa shape index (κ2) is 9.36. The lowest BCUT2D eigenvalue weighted by Crippen LogP contribution is -2.44. The van der Waals surface area contributed by atoms with Gasteiger partial charge in [-0.1, -0.05) is 12.1 Å². The van der Waals surface area contributed by atoms with E-state index in [4.69, 9.17) is 4.74 Å². The van der Waals surface area contributed by atoms with Gasteiger partial charge >= 0.3 is 0 Å². The van der Waals surface area contributed by atoms with Crippen LogP contribution in [0.4, 0.5) is 11.5 Å². The number of nitrogens with one attached hydrogen (secondary N) is 1. The molecular weight excluding hydrogens is 438 g/mol. The molecule has 0 amide bonds. The van der Waals surface area contributed by atoms with Crippen molar-refractivity contribution >= 4 is 21.5 Å². The third-order valence-electron chi connectivity index (χ3n) is 5.96. The highest BCUT2D eigenvalue weighted by Crippen LogP contribution is 2.30. The molecule has 1 aromatic heterocycles. The van der Waals surface area contributed by atoms with Crippen molar-refractivity contribution in [2.24, 2.45) is 0 Å². The van der Waals surface area contributed by atoms with Crippen LogP contribution < -0.4 is 14.4 Å². The van der Waals surface area contributed by atoms with E-state index in [1.807, 2.05) is 32.0 Å². The SMILES string of the molecule is COc1cc(C)c(C)cc1S(=O)(=O)Nc1cccc(-c2ccc(N3CCN(C)CC3)nn2)c1. The Kier molecular flexibility index (Phi) is 6.53. The van der Waals surface area contributed by atoms with Crippen molar-refractivity contribution in [1.29, 1.82) is 0 Å². The van der Waals surface area contributed by atoms with E-state index in [0.29, 0.717) is 17.1 Å². The number of piperazine rings is 1. The first-order valence-electron chi connectivity index (χ1n) is 10.8. The van der Waals surface area contributed by atoms with Gasteiger partial charge in [0.05, 0.1) is 12.8 Å². The molecule has 1 N–H and O–H groups in total. The van der Waals surface area contributed by atoms with Crippen LogP contribution in [-0.4, -0.2) is 63.9 Å². The van der Waals surface area contributed by atoms with Crippen LogP contribution in [0.25, 0.3) is 11.3 Å². The molecule has 0 unspecified atom stereocenters. The Morgan fingerprint density at radius 3 is 2.33 bits per heavy atom. The summed E-state index contributed by atoms with van der Waals surface area (Å²) in [7, 11) is -0.261. The maximum atomic E-state index is 13.1. The summed E-state index contributed by atoms with van der Waals surface area (Å²) in [5.74, 6) is 1.16. The molecule has 2 heterocycles. The number of benzene rings is 2. The van der Waals surface area contributed by atoms with Crippen molar-refractivity contribution in [2.45, 2.75) is 18.7 Å². The fourth-order valence-electron chi connectivity index (χ4n) is 3.77. The fraction of sp³-hybridized carbons (Fsp3) is 0.333. The van der Waals surface area contributed by atoms with Crippen molar-refractivity contribution in [1.82, 2.24) is 15.1 Å². The Morgan fingerprint density at radius 1 is 0.939 bits per heavy atom. The van der Waals surface area contributed by atoms with Crippen LogP contribution in [0.1, 0.15) is 11.1 Å². The van der Waals surface area contributed by atoms with Gasteiger partial charge in [-0.05, 0) is 68.4 Å². The summed E-state index contributed by atoms with van der Waals surface area (Å²) in [4.78, 5) is 4.62. The van der Waals surface area contributed by atoms with E-state index in [0.717, 1.165) is 48.7 Å². The summed E-state index contributed by atoms with van der Waals surface area (Å²) in [6.07, 6.45) is 0. The molecule has 0 aliphatic carbocycles. The molecule has 174 valence electrons. The highest BCUT2D eigenvalue weighted by atomic mass is 32.2. The Morgan fingerprint density at radius 2 is 1.67 bits per heavy atom. The summed E-state index contributed by atoms with van der Waals surface area (Å²) in [6.45, 7) is 7.63. The molecule has 2 aromatic carbocycles. The summed E-state index contributed by atoms with van der Waals surface area (Å²) in [5, 5.41) is 8.78. The van der Waals surface area contributed by atoms with Crippen LogP contribution >= 0.6 is 0 Å². The number of hydrogen-bond donors (Lipinski definition) is 1. The van der Waals surface area contributed by atoms with Crippen LogP contribution in [0, 0.1) is 13.8 Å². The van der Waals surface area contributed by atoms with Crippen molar-refractivity contribution in [3.63, 3.8) is 0 Å². The minimum atomic E-state index is -3.84. The lowest BCUT2D eigenvalue weighted by molar-refractivity contribution is 0.312. The average Bonchev–Trinajstić information content (AvgIpc) is 2.81. The lowest BCUT2D eigenvalue weighted by atomic mass is 10.1. The van der Waals surface area contributed by atoms with Gasteiger partial charge in [0.1, 0.15) is 10.6 Å². The lowest BCUT2D eigenvalue weighted by Gasteiger charge is -2.32. The van der Waals surface area contributed by atoms with Gasteiger partial charge < -0.3 is 14.5 Å². The zero-order chi connectivity index (χ0) is 23.6. The summed E-state index contributed by atoms with van der Waals surface area (Å²) in [5.41, 5.74) is 3.74. The van der Waals surface area contributed by atoms with Gasteiger partial charge in [-0.3, -0.25) is 4.72 Å². The summed E-state index contributed by atoms with van der Waals surface area (Å²) < 4.78 is 34.2. The Balaban J connectivity index is 1.55. The molecule has 0 radical (unpaired) electrons. The Bertz CT molecular complexity index is 1240. The van der Waals surface area contributed by atoms with Gasteiger partial charge in [-0.15, -0.1) is 10.2 Å². The van der Waals surface area contributed by atoms with Crippen LogP contribution in [-0.2, 0) is 10.0 Å². The third kappa shape index (κ3) is 5.09. The quantitative estimate of drug-likeness (QED) is 0.595. The van der Waals surface area contributed by atoms with Crippen molar-refractivity contribution in [2.75, 3.05) is 50.0 Å². The van der Waals surface area contributed by atoms with Crippen LogP contribution in [0.5, 0.6) is 5.75 Å². The predicted octanol–water partition coefficient (Wildman–Crippen LogP) is 3.32. The number of aryl methyl sites for hydroxylation is 2. The van der Waals surface area contributed by atoms with Gasteiger partial charge in [-0.2, -0.15) is 0 Å². The molecule has 9 heteroatoms. The normalized spacial score (nSPS) is 14.8. The monoisotopic (exact) mass is 467 g/mol. The van der Waals surface area contributed by atoms with Gasteiger partial charge in [0.15, 0.2) is 5.82 Å². The number of anilines is 2. The van der Waals surface area contributed by atoms with E-state index in [1.165, 1.54) is 7.11 Å². The molecule has 1 aliphatic rings. The number of methoxy groups -OCH3 is 1. The molecule has 0 spiro atoms. The zero-order valence-electron chi connectivity index (χ0n) is 19.4. The standard InChI is InChI=1S/C24H29N5O3S/c1-17-14-22(32-4)23(15-18(17)2)33(30,31)27-20-7-5-6-19(16-20)21-8-9-24(26-25-21)29-12-10-28(3)11-13-29/h5-9,14-16,27H,10-13H2,1-4H3. The van der Waals surface area contributed by atoms with Crippen LogP contribution in [0.15, 0.2) is 53.4 Å². The van der Waals surface area contributed by atoms with Crippen molar-refractivity contribution in [3.8, 4) is 17.0 Å². The largest absolute Gasteiger partial charge is 0.495 e. The van der Waals surface area contributed by atoms with E-state index in [9.17, 15) is 8.42 Å². The molecule has 1 aliphatic heterocycles. The maximum absolute atomic E-state index is 13.1. The number of nitrogens with zero attached hydrogens (tertiary/aromatic N) is 4. The fourth-order valence-corrected chi connectivity index (χ4v) is 5.05. The number of ether oxygens (including phenoxy) is 1. The molecule has 0 bridgehead atoms. The Hall–Kier alpha value is -3.17. The first kappa shape index (κ1) is 23.0. The highest BCUT2D eigenvalue weighted by Gasteiger charge is 2.21. The number of sulfonamides is 1. The van der Waals surface area contributed by atoms with Gasteiger partial charge in [0, 0.05) is 37.4 Å². The van der Waals surface area contributed by atoms with E-state index in [2.05, 4.69) is 31.8 Å². The van der Waals surface area contributed by atoms with Crippen molar-refractivity contribution < 1.29 is 13.2 Å².